The molecule has 0 aromatic rings. The van der Waals surface area contributed by atoms with Crippen molar-refractivity contribution in [3.05, 3.63) is 12.8 Å². The van der Waals surface area contributed by atoms with Gasteiger partial charge in [0.05, 0.1) is 6.26 Å². The molecule has 3 N–H and O–H groups in total. The minimum atomic E-state index is -3.20. The van der Waals surface area contributed by atoms with Gasteiger partial charge in [-0.1, -0.05) is 6.58 Å². The predicted octanol–water partition coefficient (Wildman–Crippen LogP) is -0.729. The second-order valence-electron chi connectivity index (χ2n) is 0.816. The van der Waals surface area contributed by atoms with Crippen LogP contribution in [0.4, 0.5) is 0 Å². The van der Waals surface area contributed by atoms with Crippen LogP contribution in [0.5, 0.6) is 0 Å². The first kappa shape index (κ1) is 17.5. The first-order valence-corrected chi connectivity index (χ1v) is 4.46. The zero-order valence-electron chi connectivity index (χ0n) is 5.56. The molecule has 0 rings (SSSR count). The number of hydrogen-bond donors (Lipinski definition) is 3. The maximum absolute atomic E-state index is 9.44. The molecule has 0 aromatic carbocycles. The van der Waals surface area contributed by atoms with Gasteiger partial charge in [0.25, 0.3) is 0 Å². The van der Waals surface area contributed by atoms with E-state index in [0.29, 0.717) is 0 Å². The van der Waals surface area contributed by atoms with Crippen LogP contribution in [-0.4, -0.2) is 32.8 Å². The summed E-state index contributed by atoms with van der Waals surface area (Å²) >= 11 is 0. The van der Waals surface area contributed by atoms with Crippen molar-refractivity contribution in [1.82, 2.24) is 0 Å². The SMILES string of the molecule is C=CO.O=[PH](O)O[PH](=O)O.[AsH3]. The van der Waals surface area contributed by atoms with Crippen molar-refractivity contribution in [2.45, 2.75) is 0 Å². The van der Waals surface area contributed by atoms with E-state index in [9.17, 15) is 9.13 Å². The average Bonchev–Trinajstić information content (AvgIpc) is 1.62. The van der Waals surface area contributed by atoms with Gasteiger partial charge in [-0.25, -0.2) is 4.31 Å². The Morgan fingerprint density at radius 2 is 1.45 bits per heavy atom. The van der Waals surface area contributed by atoms with Crippen molar-refractivity contribution in [1.29, 1.82) is 0 Å². The van der Waals surface area contributed by atoms with Gasteiger partial charge >= 0.3 is 34.5 Å². The molecule has 70 valence electrons. The topological polar surface area (TPSA) is 104 Å². The van der Waals surface area contributed by atoms with Crippen LogP contribution >= 0.6 is 16.5 Å². The van der Waals surface area contributed by atoms with E-state index >= 15 is 0 Å². The van der Waals surface area contributed by atoms with Crippen molar-refractivity contribution in [3.8, 4) is 0 Å². The number of aliphatic hydroxyl groups is 1. The predicted molar refractivity (Wildman–Crippen MR) is 46.3 cm³/mol. The van der Waals surface area contributed by atoms with Gasteiger partial charge in [-0.05, 0) is 0 Å². The quantitative estimate of drug-likeness (QED) is 0.346. The first-order chi connectivity index (χ1) is 4.54. The van der Waals surface area contributed by atoms with E-state index in [1.165, 1.54) is 0 Å². The first-order valence-electron chi connectivity index (χ1n) is 1.93. The van der Waals surface area contributed by atoms with Crippen molar-refractivity contribution in [3.63, 3.8) is 0 Å². The van der Waals surface area contributed by atoms with Crippen LogP contribution in [0.25, 0.3) is 0 Å². The number of hydrogen-bond acceptors (Lipinski definition) is 4. The van der Waals surface area contributed by atoms with Crippen LogP contribution in [0.2, 0.25) is 0 Å². The molecule has 0 spiro atoms. The van der Waals surface area contributed by atoms with Gasteiger partial charge in [0.15, 0.2) is 0 Å². The standard InChI is InChI=1S/C2H4O.AsH3.H4O5P2/c1-2-3;;1-6(2)5-7(3)4/h2-3H,1H2;1H3;6-7H,(H,1,2)(H,3,4). The molecule has 11 heavy (non-hydrogen) atoms. The Hall–Kier alpha value is 0.438. The van der Waals surface area contributed by atoms with Gasteiger partial charge in [0.2, 0.25) is 0 Å². The number of aliphatic hydroxyl groups excluding tert-OH is 1. The molecule has 3 atom stereocenters. The van der Waals surface area contributed by atoms with Crippen LogP contribution in [0, 0.1) is 0 Å². The second kappa shape index (κ2) is 13.1. The Labute approximate surface area is 76.1 Å². The average molecular weight is 268 g/mol. The van der Waals surface area contributed by atoms with Gasteiger partial charge < -0.3 is 14.9 Å². The third kappa shape index (κ3) is 37.7. The fourth-order valence-corrected chi connectivity index (χ4v) is 0.672. The molecule has 0 aromatic heterocycles. The summed E-state index contributed by atoms with van der Waals surface area (Å²) < 4.78 is 22.3. The Balaban J connectivity index is -0.000000140. The van der Waals surface area contributed by atoms with Gasteiger partial charge in [-0.3, -0.25) is 9.13 Å². The maximum atomic E-state index is 9.44. The molecule has 6 nitrogen and oxygen atoms in total. The Bertz CT molecular complexity index is 125. The fraction of sp³-hybridized carbons (Fsp3) is 0. The summed E-state index contributed by atoms with van der Waals surface area (Å²) in [5.41, 5.74) is 0. The molecule has 0 bridgehead atoms. The van der Waals surface area contributed by atoms with Gasteiger partial charge in [-0.15, -0.1) is 0 Å². The Morgan fingerprint density at radius 3 is 1.45 bits per heavy atom. The molecule has 0 aliphatic heterocycles. The summed E-state index contributed by atoms with van der Waals surface area (Å²) in [4.78, 5) is 15.4. The van der Waals surface area contributed by atoms with E-state index in [4.69, 9.17) is 14.9 Å². The summed E-state index contributed by atoms with van der Waals surface area (Å²) in [6.07, 6.45) is 0.750. The molecular weight excluding hydrogens is 257 g/mol. The fourth-order valence-electron chi connectivity index (χ4n) is 0.0747. The molecule has 9 heteroatoms. The van der Waals surface area contributed by atoms with Crippen molar-refractivity contribution in [2.75, 3.05) is 0 Å². The van der Waals surface area contributed by atoms with E-state index in [1.54, 1.807) is 0 Å². The molecule has 0 aliphatic carbocycles. The second-order valence-corrected chi connectivity index (χ2v) is 2.70. The molecule has 3 unspecified atom stereocenters. The van der Waals surface area contributed by atoms with E-state index in [0.717, 1.165) is 6.26 Å². The van der Waals surface area contributed by atoms with E-state index in [-0.39, 0.29) is 18.0 Å². The zero-order valence-corrected chi connectivity index (χ0v) is 10.5. The Kier molecular flexibility index (Phi) is 20.8. The van der Waals surface area contributed by atoms with Crippen LogP contribution in [0.1, 0.15) is 0 Å². The van der Waals surface area contributed by atoms with Crippen molar-refractivity contribution >= 4 is 34.5 Å². The third-order valence-corrected chi connectivity index (χ3v) is 1.57. The summed E-state index contributed by atoms with van der Waals surface area (Å²) in [6.45, 7) is 2.92. The summed E-state index contributed by atoms with van der Waals surface area (Å²) in [6, 6.07) is 0. The normalized spacial score (nSPS) is 12.9. The van der Waals surface area contributed by atoms with Gasteiger partial charge in [0.1, 0.15) is 0 Å². The van der Waals surface area contributed by atoms with Crippen LogP contribution in [0.3, 0.4) is 0 Å². The van der Waals surface area contributed by atoms with Gasteiger partial charge in [0, 0.05) is 0 Å². The summed E-state index contributed by atoms with van der Waals surface area (Å²) in [5.74, 6) is 0. The van der Waals surface area contributed by atoms with Crippen LogP contribution < -0.4 is 0 Å². The molecule has 0 fully saturated rings. The summed E-state index contributed by atoms with van der Waals surface area (Å²) in [7, 11) is -6.40. The monoisotopic (exact) mass is 268 g/mol. The third-order valence-electron chi connectivity index (χ3n) is 0.175. The van der Waals surface area contributed by atoms with Gasteiger partial charge in [-0.2, -0.15) is 0 Å². The molecule has 0 radical (unpaired) electrons. The minimum absolute atomic E-state index is 0. The van der Waals surface area contributed by atoms with E-state index in [1.807, 2.05) is 0 Å². The van der Waals surface area contributed by atoms with Crippen LogP contribution in [-0.2, 0) is 13.4 Å². The van der Waals surface area contributed by atoms with E-state index in [2.05, 4.69) is 10.9 Å². The molecular formula is C2H11AsO6P2. The van der Waals surface area contributed by atoms with Crippen LogP contribution in [0.15, 0.2) is 12.8 Å². The molecule has 0 heterocycles. The molecule has 0 saturated carbocycles. The summed E-state index contributed by atoms with van der Waals surface area (Å²) in [5, 5.41) is 7.33. The van der Waals surface area contributed by atoms with Crippen molar-refractivity contribution in [2.24, 2.45) is 0 Å². The molecule has 0 saturated heterocycles. The zero-order chi connectivity index (χ0) is 8.57. The van der Waals surface area contributed by atoms with Crippen molar-refractivity contribution < 1.29 is 28.3 Å². The number of rotatable bonds is 2. The van der Waals surface area contributed by atoms with E-state index < -0.39 is 16.5 Å². The molecule has 0 amide bonds. The molecule has 0 aliphatic rings. The Morgan fingerprint density at radius 1 is 1.27 bits per heavy atom.